The molecule has 0 N–H and O–H groups in total. The van der Waals surface area contributed by atoms with Crippen molar-refractivity contribution in [1.29, 1.82) is 0 Å². The molecule has 2 heteroatoms. The van der Waals surface area contributed by atoms with E-state index in [0.29, 0.717) is 12.0 Å². The van der Waals surface area contributed by atoms with Crippen molar-refractivity contribution in [3.05, 3.63) is 24.8 Å². The third-order valence-corrected chi connectivity index (χ3v) is 4.81. The molecule has 1 fully saturated rings. The molecule has 1 saturated carbocycles. The van der Waals surface area contributed by atoms with Gasteiger partial charge < -0.3 is 4.43 Å². The van der Waals surface area contributed by atoms with Crippen LogP contribution in [0, 0.1) is 17.3 Å². The monoisotopic (exact) mass is 222 g/mol. The predicted molar refractivity (Wildman–Crippen MR) is 67.3 cm³/mol. The van der Waals surface area contributed by atoms with E-state index in [-0.39, 0.29) is 5.41 Å². The largest absolute Gasteiger partial charge is 0.414 e. The van der Waals surface area contributed by atoms with Crippen LogP contribution in [0.1, 0.15) is 13.3 Å². The van der Waals surface area contributed by atoms with Crippen LogP contribution in [-0.2, 0) is 4.43 Å². The summed E-state index contributed by atoms with van der Waals surface area (Å²) in [5, 5.41) is 0. The molecule has 0 radical (unpaired) electrons. The lowest BCUT2D eigenvalue weighted by Gasteiger charge is -2.57. The molecule has 0 spiro atoms. The van der Waals surface area contributed by atoms with Crippen molar-refractivity contribution in [2.45, 2.75) is 39.1 Å². The maximum atomic E-state index is 6.32. The second-order valence-electron chi connectivity index (χ2n) is 6.07. The number of allylic oxidation sites excluding steroid dienone is 2. The highest BCUT2D eigenvalue weighted by atomic mass is 28.4. The van der Waals surface area contributed by atoms with Crippen molar-refractivity contribution in [3.8, 4) is 0 Å². The minimum absolute atomic E-state index is 0.179. The maximum Gasteiger partial charge on any atom is 0.184 e. The molecule has 15 heavy (non-hydrogen) atoms. The van der Waals surface area contributed by atoms with Crippen LogP contribution in [0.4, 0.5) is 0 Å². The van der Waals surface area contributed by atoms with Gasteiger partial charge in [-0.2, -0.15) is 0 Å². The summed E-state index contributed by atoms with van der Waals surface area (Å²) >= 11 is 0. The van der Waals surface area contributed by atoms with Gasteiger partial charge in [-0.05, 0) is 37.9 Å². The van der Waals surface area contributed by atoms with Gasteiger partial charge in [0.25, 0.3) is 0 Å². The van der Waals surface area contributed by atoms with Crippen LogP contribution in [0.2, 0.25) is 19.6 Å². The zero-order valence-corrected chi connectivity index (χ0v) is 11.3. The fourth-order valence-electron chi connectivity index (χ4n) is 3.03. The van der Waals surface area contributed by atoms with E-state index < -0.39 is 8.32 Å². The Hall–Kier alpha value is -0.343. The minimum Gasteiger partial charge on any atom is -0.414 e. The van der Waals surface area contributed by atoms with E-state index >= 15 is 0 Å². The van der Waals surface area contributed by atoms with Gasteiger partial charge in [-0.15, -0.1) is 6.58 Å². The second kappa shape index (κ2) is 3.32. The molecule has 0 unspecified atom stereocenters. The fourth-order valence-corrected chi connectivity index (χ4v) is 4.22. The van der Waals surface area contributed by atoms with E-state index in [0.717, 1.165) is 5.92 Å². The molecule has 2 rings (SSSR count). The van der Waals surface area contributed by atoms with Gasteiger partial charge in [-0.25, -0.2) is 0 Å². The molecule has 4 atom stereocenters. The number of hydrogen-bond donors (Lipinski definition) is 0. The van der Waals surface area contributed by atoms with Gasteiger partial charge in [0.15, 0.2) is 8.32 Å². The third-order valence-electron chi connectivity index (χ3n) is 3.85. The van der Waals surface area contributed by atoms with Crippen LogP contribution in [0.3, 0.4) is 0 Å². The first-order valence-corrected chi connectivity index (χ1v) is 9.27. The lowest BCUT2D eigenvalue weighted by Crippen LogP contribution is -2.59. The lowest BCUT2D eigenvalue weighted by molar-refractivity contribution is -0.100. The van der Waals surface area contributed by atoms with Crippen molar-refractivity contribution in [2.75, 3.05) is 0 Å². The second-order valence-corrected chi connectivity index (χ2v) is 10.5. The van der Waals surface area contributed by atoms with Crippen LogP contribution in [0.25, 0.3) is 0 Å². The van der Waals surface area contributed by atoms with Crippen LogP contribution in [0.15, 0.2) is 24.8 Å². The molecule has 0 bridgehead atoms. The Balaban J connectivity index is 2.15. The van der Waals surface area contributed by atoms with E-state index in [9.17, 15) is 0 Å². The standard InChI is InChI=1S/C13H22OSi/c1-6-13(2)11-9-7-8-10(11)12(13)14-15(3,4)5/h6-7,9-12H,1,8H2,2-5H3/t10-,11+,12-,13-/m1/s1. The van der Waals surface area contributed by atoms with Gasteiger partial charge in [-0.3, -0.25) is 0 Å². The summed E-state index contributed by atoms with van der Waals surface area (Å²) in [5.74, 6) is 1.40. The van der Waals surface area contributed by atoms with E-state index in [2.05, 4.69) is 51.4 Å². The van der Waals surface area contributed by atoms with Gasteiger partial charge in [0, 0.05) is 5.41 Å². The average Bonchev–Trinajstić information content (AvgIpc) is 2.57. The smallest absolute Gasteiger partial charge is 0.184 e. The minimum atomic E-state index is -1.43. The summed E-state index contributed by atoms with van der Waals surface area (Å²) in [6.45, 7) is 13.1. The Kier molecular flexibility index (Phi) is 2.47. The van der Waals surface area contributed by atoms with Crippen molar-refractivity contribution < 1.29 is 4.43 Å². The van der Waals surface area contributed by atoms with Gasteiger partial charge in [0.1, 0.15) is 0 Å². The van der Waals surface area contributed by atoms with E-state index in [4.69, 9.17) is 4.43 Å². The zero-order valence-electron chi connectivity index (χ0n) is 10.3. The maximum absolute atomic E-state index is 6.32. The zero-order chi connectivity index (χ0) is 11.3. The molecule has 0 aromatic carbocycles. The Morgan fingerprint density at radius 2 is 2.13 bits per heavy atom. The summed E-state index contributed by atoms with van der Waals surface area (Å²) < 4.78 is 6.32. The first kappa shape index (κ1) is 11.2. The Morgan fingerprint density at radius 3 is 2.67 bits per heavy atom. The lowest BCUT2D eigenvalue weighted by atomic mass is 9.54. The molecule has 0 aromatic rings. The number of fused-ring (bicyclic) bond motifs is 1. The van der Waals surface area contributed by atoms with E-state index in [1.54, 1.807) is 0 Å². The van der Waals surface area contributed by atoms with Crippen LogP contribution in [0.5, 0.6) is 0 Å². The molecule has 0 aromatic heterocycles. The molecule has 84 valence electrons. The highest BCUT2D eigenvalue weighted by molar-refractivity contribution is 6.69. The van der Waals surface area contributed by atoms with Gasteiger partial charge >= 0.3 is 0 Å². The summed E-state index contributed by atoms with van der Waals surface area (Å²) in [7, 11) is -1.43. The highest BCUT2D eigenvalue weighted by Crippen LogP contribution is 2.58. The van der Waals surface area contributed by atoms with Crippen molar-refractivity contribution in [3.63, 3.8) is 0 Å². The molecule has 0 saturated heterocycles. The molecule has 0 amide bonds. The summed E-state index contributed by atoms with van der Waals surface area (Å²) in [5.41, 5.74) is 0.179. The molecule has 2 aliphatic rings. The summed E-state index contributed by atoms with van der Waals surface area (Å²) in [6.07, 6.45) is 8.38. The molecule has 2 aliphatic carbocycles. The quantitative estimate of drug-likeness (QED) is 0.523. The fraction of sp³-hybridized carbons (Fsp3) is 0.692. The first-order chi connectivity index (χ1) is 6.88. The van der Waals surface area contributed by atoms with Crippen molar-refractivity contribution >= 4 is 8.32 Å². The normalized spacial score (nSPS) is 43.6. The Morgan fingerprint density at radius 1 is 1.47 bits per heavy atom. The predicted octanol–water partition coefficient (Wildman–Crippen LogP) is 3.60. The number of hydrogen-bond acceptors (Lipinski definition) is 1. The van der Waals surface area contributed by atoms with Gasteiger partial charge in [0.05, 0.1) is 6.10 Å². The molecular weight excluding hydrogens is 200 g/mol. The van der Waals surface area contributed by atoms with Gasteiger partial charge in [-0.1, -0.05) is 25.2 Å². The SMILES string of the molecule is C=C[C@@]1(C)[C@H](O[Si](C)(C)C)[C@@H]2CC=C[C@@H]21. The van der Waals surface area contributed by atoms with Crippen molar-refractivity contribution in [1.82, 2.24) is 0 Å². The third kappa shape index (κ3) is 1.64. The van der Waals surface area contributed by atoms with E-state index in [1.165, 1.54) is 6.42 Å². The van der Waals surface area contributed by atoms with E-state index in [1.807, 2.05) is 0 Å². The molecule has 0 aliphatic heterocycles. The summed E-state index contributed by atoms with van der Waals surface area (Å²) in [6, 6.07) is 0. The van der Waals surface area contributed by atoms with Crippen LogP contribution < -0.4 is 0 Å². The summed E-state index contributed by atoms with van der Waals surface area (Å²) in [4.78, 5) is 0. The molecular formula is C13H22OSi. The first-order valence-electron chi connectivity index (χ1n) is 5.86. The molecule has 1 nitrogen and oxygen atoms in total. The highest BCUT2D eigenvalue weighted by Gasteiger charge is 2.58. The van der Waals surface area contributed by atoms with Crippen LogP contribution in [-0.4, -0.2) is 14.4 Å². The molecule has 0 heterocycles. The Bertz CT molecular complexity index is 302. The Labute approximate surface area is 94.3 Å². The topological polar surface area (TPSA) is 9.23 Å². The average molecular weight is 222 g/mol. The van der Waals surface area contributed by atoms with Gasteiger partial charge in [0.2, 0.25) is 0 Å². The van der Waals surface area contributed by atoms with Crippen LogP contribution >= 0.6 is 0 Å². The van der Waals surface area contributed by atoms with Crippen molar-refractivity contribution in [2.24, 2.45) is 17.3 Å². The number of rotatable bonds is 3.